The Labute approximate surface area is 119 Å². The molecule has 20 heavy (non-hydrogen) atoms. The first-order valence-corrected chi connectivity index (χ1v) is 6.85. The van der Waals surface area contributed by atoms with Gasteiger partial charge in [0.25, 0.3) is 0 Å². The average Bonchev–Trinajstić information content (AvgIpc) is 2.88. The minimum absolute atomic E-state index is 0.434. The van der Waals surface area contributed by atoms with E-state index in [2.05, 4.69) is 29.6 Å². The Kier molecular flexibility index (Phi) is 3.50. The molecule has 0 unspecified atom stereocenters. The Balaban J connectivity index is 1.76. The summed E-state index contributed by atoms with van der Waals surface area (Å²) in [7, 11) is 3.34. The molecule has 0 atom stereocenters. The van der Waals surface area contributed by atoms with Crippen molar-refractivity contribution in [3.05, 3.63) is 53.6 Å². The summed E-state index contributed by atoms with van der Waals surface area (Å²) in [5.41, 5.74) is 3.93. The fraction of sp³-hybridized carbons (Fsp3) is 0.294. The lowest BCUT2D eigenvalue weighted by atomic mass is 10.1. The Bertz CT molecular complexity index is 562. The Hall–Kier alpha value is -2.16. The van der Waals surface area contributed by atoms with E-state index in [0.29, 0.717) is 6.04 Å². The number of methoxy groups -OCH3 is 2. The van der Waals surface area contributed by atoms with Crippen LogP contribution in [0.5, 0.6) is 11.5 Å². The molecule has 1 N–H and O–H groups in total. The topological polar surface area (TPSA) is 30.5 Å². The summed E-state index contributed by atoms with van der Waals surface area (Å²) in [4.78, 5) is 0. The van der Waals surface area contributed by atoms with Crippen molar-refractivity contribution < 1.29 is 9.47 Å². The van der Waals surface area contributed by atoms with Crippen LogP contribution in [-0.4, -0.2) is 20.3 Å². The molecule has 0 bridgehead atoms. The molecule has 3 nitrogen and oxygen atoms in total. The number of nitrogens with one attached hydrogen (secondary N) is 1. The fourth-order valence-electron chi connectivity index (χ4n) is 2.79. The lowest BCUT2D eigenvalue weighted by molar-refractivity contribution is 0.394. The van der Waals surface area contributed by atoms with Crippen LogP contribution < -0.4 is 14.8 Å². The summed E-state index contributed by atoms with van der Waals surface area (Å²) in [6.07, 6.45) is 2.13. The van der Waals surface area contributed by atoms with Crippen LogP contribution in [0, 0.1) is 0 Å². The maximum Gasteiger partial charge on any atom is 0.124 e. The maximum absolute atomic E-state index is 5.30. The van der Waals surface area contributed by atoms with Crippen LogP contribution >= 0.6 is 0 Å². The second-order valence-electron chi connectivity index (χ2n) is 5.12. The third-order valence-electron chi connectivity index (χ3n) is 3.77. The third kappa shape index (κ3) is 2.57. The molecule has 104 valence electrons. The van der Waals surface area contributed by atoms with Crippen molar-refractivity contribution in [1.29, 1.82) is 0 Å². The molecule has 2 aromatic carbocycles. The highest BCUT2D eigenvalue weighted by Gasteiger charge is 2.20. The molecule has 0 saturated carbocycles. The van der Waals surface area contributed by atoms with Crippen LogP contribution in [0.2, 0.25) is 0 Å². The number of fused-ring (bicyclic) bond motifs is 1. The van der Waals surface area contributed by atoms with Gasteiger partial charge in [-0.1, -0.05) is 24.3 Å². The molecule has 1 aliphatic rings. The minimum atomic E-state index is 0.434. The van der Waals surface area contributed by atoms with Gasteiger partial charge < -0.3 is 14.8 Å². The monoisotopic (exact) mass is 269 g/mol. The first kappa shape index (κ1) is 12.9. The van der Waals surface area contributed by atoms with Gasteiger partial charge in [-0.15, -0.1) is 0 Å². The Morgan fingerprint density at radius 2 is 1.45 bits per heavy atom. The Morgan fingerprint density at radius 3 is 1.95 bits per heavy atom. The van der Waals surface area contributed by atoms with Crippen LogP contribution in [0.15, 0.2) is 42.5 Å². The highest BCUT2D eigenvalue weighted by Crippen LogP contribution is 2.29. The van der Waals surface area contributed by atoms with Crippen molar-refractivity contribution in [2.24, 2.45) is 0 Å². The van der Waals surface area contributed by atoms with E-state index in [1.54, 1.807) is 14.2 Å². The molecule has 0 amide bonds. The third-order valence-corrected chi connectivity index (χ3v) is 3.77. The van der Waals surface area contributed by atoms with Crippen LogP contribution in [0.4, 0.5) is 5.69 Å². The molecule has 0 spiro atoms. The number of benzene rings is 2. The zero-order valence-corrected chi connectivity index (χ0v) is 11.8. The largest absolute Gasteiger partial charge is 0.497 e. The van der Waals surface area contributed by atoms with E-state index in [0.717, 1.165) is 30.0 Å². The predicted octanol–water partition coefficient (Wildman–Crippen LogP) is 3.28. The zero-order chi connectivity index (χ0) is 13.9. The quantitative estimate of drug-likeness (QED) is 0.924. The Morgan fingerprint density at radius 1 is 0.900 bits per heavy atom. The van der Waals surface area contributed by atoms with Crippen molar-refractivity contribution in [2.75, 3.05) is 19.5 Å². The molecular formula is C17H19NO2. The molecule has 3 heteroatoms. The minimum Gasteiger partial charge on any atom is -0.497 e. The van der Waals surface area contributed by atoms with Crippen molar-refractivity contribution in [2.45, 2.75) is 18.9 Å². The van der Waals surface area contributed by atoms with E-state index in [1.807, 2.05) is 18.2 Å². The molecule has 2 aromatic rings. The van der Waals surface area contributed by atoms with Gasteiger partial charge >= 0.3 is 0 Å². The van der Waals surface area contributed by atoms with E-state index in [9.17, 15) is 0 Å². The molecule has 0 fully saturated rings. The molecule has 3 rings (SSSR count). The second-order valence-corrected chi connectivity index (χ2v) is 5.12. The number of hydrogen-bond donors (Lipinski definition) is 1. The van der Waals surface area contributed by atoms with E-state index < -0.39 is 0 Å². The first-order chi connectivity index (χ1) is 9.78. The van der Waals surface area contributed by atoms with Crippen molar-refractivity contribution in [1.82, 2.24) is 0 Å². The molecule has 0 saturated heterocycles. The van der Waals surface area contributed by atoms with Crippen LogP contribution in [0.25, 0.3) is 0 Å². The SMILES string of the molecule is COc1cc(NC2Cc3ccccc3C2)cc(OC)c1. The normalized spacial score (nSPS) is 13.9. The lowest BCUT2D eigenvalue weighted by Crippen LogP contribution is -2.19. The van der Waals surface area contributed by atoms with Gasteiger partial charge in [-0.2, -0.15) is 0 Å². The van der Waals surface area contributed by atoms with E-state index in [4.69, 9.17) is 9.47 Å². The molecular weight excluding hydrogens is 250 g/mol. The van der Waals surface area contributed by atoms with E-state index in [1.165, 1.54) is 11.1 Å². The summed E-state index contributed by atoms with van der Waals surface area (Å²) >= 11 is 0. The first-order valence-electron chi connectivity index (χ1n) is 6.85. The van der Waals surface area contributed by atoms with E-state index >= 15 is 0 Å². The summed E-state index contributed by atoms with van der Waals surface area (Å²) < 4.78 is 10.6. The average molecular weight is 269 g/mol. The fourth-order valence-corrected chi connectivity index (χ4v) is 2.79. The van der Waals surface area contributed by atoms with Crippen LogP contribution in [-0.2, 0) is 12.8 Å². The summed E-state index contributed by atoms with van der Waals surface area (Å²) in [6.45, 7) is 0. The van der Waals surface area contributed by atoms with Gasteiger partial charge in [0.05, 0.1) is 14.2 Å². The van der Waals surface area contributed by atoms with Gasteiger partial charge in [-0.05, 0) is 24.0 Å². The zero-order valence-electron chi connectivity index (χ0n) is 11.8. The van der Waals surface area contributed by atoms with Crippen molar-refractivity contribution in [3.63, 3.8) is 0 Å². The van der Waals surface area contributed by atoms with Gasteiger partial charge in [0.2, 0.25) is 0 Å². The van der Waals surface area contributed by atoms with Crippen LogP contribution in [0.3, 0.4) is 0 Å². The van der Waals surface area contributed by atoms with Gasteiger partial charge in [-0.25, -0.2) is 0 Å². The van der Waals surface area contributed by atoms with Gasteiger partial charge in [0, 0.05) is 29.9 Å². The van der Waals surface area contributed by atoms with Crippen molar-refractivity contribution in [3.8, 4) is 11.5 Å². The maximum atomic E-state index is 5.30. The number of hydrogen-bond acceptors (Lipinski definition) is 3. The number of rotatable bonds is 4. The number of anilines is 1. The van der Waals surface area contributed by atoms with Crippen molar-refractivity contribution >= 4 is 5.69 Å². The van der Waals surface area contributed by atoms with Gasteiger partial charge in [0.15, 0.2) is 0 Å². The summed E-state index contributed by atoms with van der Waals surface area (Å²) in [6, 6.07) is 15.0. The second kappa shape index (κ2) is 5.45. The highest BCUT2D eigenvalue weighted by molar-refractivity contribution is 5.55. The summed E-state index contributed by atoms with van der Waals surface area (Å²) in [5.74, 6) is 1.62. The van der Waals surface area contributed by atoms with E-state index in [-0.39, 0.29) is 0 Å². The molecule has 0 heterocycles. The molecule has 0 aliphatic heterocycles. The smallest absolute Gasteiger partial charge is 0.124 e. The summed E-state index contributed by atoms with van der Waals surface area (Å²) in [5, 5.41) is 3.58. The highest BCUT2D eigenvalue weighted by atomic mass is 16.5. The molecule has 0 radical (unpaired) electrons. The predicted molar refractivity (Wildman–Crippen MR) is 80.8 cm³/mol. The number of ether oxygens (including phenoxy) is 2. The standard InChI is InChI=1S/C17H19NO2/c1-19-16-9-15(10-17(11-16)20-2)18-14-7-12-5-3-4-6-13(12)8-14/h3-6,9-11,14,18H,7-8H2,1-2H3. The molecule has 1 aliphatic carbocycles. The van der Waals surface area contributed by atoms with Crippen LogP contribution in [0.1, 0.15) is 11.1 Å². The van der Waals surface area contributed by atoms with Gasteiger partial charge in [0.1, 0.15) is 11.5 Å². The van der Waals surface area contributed by atoms with Gasteiger partial charge in [-0.3, -0.25) is 0 Å². The molecule has 0 aromatic heterocycles. The lowest BCUT2D eigenvalue weighted by Gasteiger charge is -2.15.